The Morgan fingerprint density at radius 3 is 2.17 bits per heavy atom. The van der Waals surface area contributed by atoms with Gasteiger partial charge in [-0.05, 0) is 27.9 Å². The molecule has 0 amide bonds. The summed E-state index contributed by atoms with van der Waals surface area (Å²) in [6.07, 6.45) is 3.51. The molecule has 12 heavy (non-hydrogen) atoms. The fourth-order valence-electron chi connectivity index (χ4n) is 1.04. The molecule has 0 spiro atoms. The maximum atomic E-state index is 11.9. The van der Waals surface area contributed by atoms with Crippen LogP contribution in [0.15, 0.2) is 30.3 Å². The van der Waals surface area contributed by atoms with Gasteiger partial charge in [-0.1, -0.05) is 30.3 Å². The van der Waals surface area contributed by atoms with Crippen molar-refractivity contribution >= 4 is 22.3 Å². The van der Waals surface area contributed by atoms with Crippen molar-refractivity contribution in [2.75, 3.05) is 12.5 Å². The number of hydrogen-bond donors (Lipinski definition) is 0. The van der Waals surface area contributed by atoms with E-state index >= 15 is 0 Å². The predicted octanol–water partition coefficient (Wildman–Crippen LogP) is 2.58. The maximum absolute atomic E-state index is 11.9. The molecule has 1 aromatic carbocycles. The second-order valence-corrected chi connectivity index (χ2v) is 13.7. The van der Waals surface area contributed by atoms with Gasteiger partial charge in [0.25, 0.3) is 0 Å². The van der Waals surface area contributed by atoms with Crippen LogP contribution in [0.2, 0.25) is 0 Å². The van der Waals surface area contributed by atoms with Crippen LogP contribution in [0.5, 0.6) is 0 Å². The van der Waals surface area contributed by atoms with Gasteiger partial charge in [0.1, 0.15) is 0 Å². The van der Waals surface area contributed by atoms with E-state index < -0.39 is 7.50 Å². The number of hydrogen-bond acceptors (Lipinski definition) is 1. The van der Waals surface area contributed by atoms with Gasteiger partial charge in [0.2, 0.25) is 0 Å². The van der Waals surface area contributed by atoms with Gasteiger partial charge in [-0.2, -0.15) is 0 Å². The molecule has 0 heterocycles. The van der Waals surface area contributed by atoms with Gasteiger partial charge in [0.15, 0.2) is 0 Å². The third-order valence-corrected chi connectivity index (χ3v) is 3.24. The summed E-state index contributed by atoms with van der Waals surface area (Å²) in [5.74, 6) is 0.595. The zero-order valence-corrected chi connectivity index (χ0v) is 9.69. The monoisotopic (exact) mass is 248 g/mol. The van der Waals surface area contributed by atoms with Crippen molar-refractivity contribution < 1.29 is 4.21 Å². The molecule has 0 aliphatic rings. The molecule has 0 radical (unpaired) electrons. The van der Waals surface area contributed by atoms with Crippen LogP contribution in [-0.4, -0.2) is 16.7 Å². The molecule has 0 aromatic heterocycles. The molecule has 0 aliphatic heterocycles. The first-order chi connectivity index (χ1) is 5.33. The molecule has 0 fully saturated rings. The van der Waals surface area contributed by atoms with Gasteiger partial charge >= 0.3 is 0 Å². The van der Waals surface area contributed by atoms with Crippen molar-refractivity contribution in [1.29, 1.82) is 0 Å². The van der Waals surface area contributed by atoms with Crippen molar-refractivity contribution in [2.45, 2.75) is 5.75 Å². The Bertz CT molecular complexity index is 315. The number of halogens is 1. The van der Waals surface area contributed by atoms with Crippen LogP contribution < -0.4 is 0 Å². The topological polar surface area (TPSA) is 17.1 Å². The predicted molar refractivity (Wildman–Crippen MR) is 59.1 cm³/mol. The Labute approximate surface area is 80.8 Å². The normalized spacial score (nSPS) is 15.1. The highest BCUT2D eigenvalue weighted by Crippen LogP contribution is 2.30. The Hall–Kier alpha value is -0.150. The van der Waals surface area contributed by atoms with Gasteiger partial charge in [-0.15, -0.1) is 0 Å². The Morgan fingerprint density at radius 1 is 1.25 bits per heavy atom. The summed E-state index contributed by atoms with van der Waals surface area (Å²) in [7, 11) is -2.56. The first kappa shape index (κ1) is 9.93. The van der Waals surface area contributed by atoms with Gasteiger partial charge in [0.05, 0.1) is 0 Å². The molecule has 0 atom stereocenters. The molecule has 0 aliphatic carbocycles. The van der Waals surface area contributed by atoms with Crippen LogP contribution in [0.1, 0.15) is 5.56 Å². The quantitative estimate of drug-likeness (QED) is 0.736. The van der Waals surface area contributed by atoms with Crippen molar-refractivity contribution in [3.05, 3.63) is 35.9 Å². The molecular formula is C9H13BrOS. The fourth-order valence-corrected chi connectivity index (χ4v) is 2.95. The molecule has 68 valence electrons. The second-order valence-electron chi connectivity index (χ2n) is 3.55. The number of benzene rings is 1. The van der Waals surface area contributed by atoms with E-state index in [4.69, 9.17) is 0 Å². The van der Waals surface area contributed by atoms with E-state index in [1.165, 1.54) is 0 Å². The third-order valence-electron chi connectivity index (χ3n) is 1.41. The number of rotatable bonds is 2. The van der Waals surface area contributed by atoms with E-state index in [1.807, 2.05) is 30.3 Å². The van der Waals surface area contributed by atoms with Gasteiger partial charge in [-0.3, -0.25) is 4.21 Å². The van der Waals surface area contributed by atoms with Crippen LogP contribution in [0.25, 0.3) is 0 Å². The van der Waals surface area contributed by atoms with Gasteiger partial charge in [-0.25, -0.2) is 0 Å². The first-order valence-corrected chi connectivity index (χ1v) is 8.49. The molecular weight excluding hydrogens is 236 g/mol. The Morgan fingerprint density at radius 2 is 1.75 bits per heavy atom. The lowest BCUT2D eigenvalue weighted by molar-refractivity contribution is 0.675. The van der Waals surface area contributed by atoms with Crippen LogP contribution in [0, 0.1) is 0 Å². The fraction of sp³-hybridized carbons (Fsp3) is 0.333. The summed E-state index contributed by atoms with van der Waals surface area (Å²) in [4.78, 5) is 0. The lowest BCUT2D eigenvalue weighted by atomic mass is 10.2. The molecule has 0 N–H and O–H groups in total. The standard InChI is InChI=1S/C9H13BrOS/c1-12(2,10,11)8-9-6-4-3-5-7-9/h3-7H,8H2,1-2H3. The SMILES string of the molecule is CS(C)(=O)(Br)Cc1ccccc1. The summed E-state index contributed by atoms with van der Waals surface area (Å²) in [6.45, 7) is 0. The minimum absolute atomic E-state index is 0.595. The Balaban J connectivity index is 2.86. The lowest BCUT2D eigenvalue weighted by Gasteiger charge is -2.25. The minimum Gasteiger partial charge on any atom is -0.272 e. The van der Waals surface area contributed by atoms with E-state index in [-0.39, 0.29) is 0 Å². The minimum atomic E-state index is -2.56. The molecule has 3 heteroatoms. The third kappa shape index (κ3) is 4.02. The zero-order chi connectivity index (χ0) is 9.27. The summed E-state index contributed by atoms with van der Waals surface area (Å²) >= 11 is 3.27. The highest BCUT2D eigenvalue weighted by molar-refractivity contribution is 9.53. The van der Waals surface area contributed by atoms with Gasteiger partial charge < -0.3 is 0 Å². The summed E-state index contributed by atoms with van der Waals surface area (Å²) in [6, 6.07) is 9.85. The van der Waals surface area contributed by atoms with Crippen molar-refractivity contribution in [3.63, 3.8) is 0 Å². The largest absolute Gasteiger partial charge is 0.272 e. The van der Waals surface area contributed by atoms with Crippen LogP contribution >= 0.6 is 14.8 Å². The summed E-state index contributed by atoms with van der Waals surface area (Å²) in [5, 5.41) is 0. The lowest BCUT2D eigenvalue weighted by Crippen LogP contribution is -2.22. The first-order valence-electron chi connectivity index (χ1n) is 3.69. The molecule has 0 saturated heterocycles. The summed E-state index contributed by atoms with van der Waals surface area (Å²) < 4.78 is 11.9. The second kappa shape index (κ2) is 2.96. The molecule has 0 saturated carbocycles. The van der Waals surface area contributed by atoms with Gasteiger partial charge in [0, 0.05) is 18.3 Å². The molecule has 1 aromatic rings. The summed E-state index contributed by atoms with van der Waals surface area (Å²) in [5.41, 5.74) is 1.11. The highest BCUT2D eigenvalue weighted by atomic mass is 79.9. The average Bonchev–Trinajstić information content (AvgIpc) is 1.83. The van der Waals surface area contributed by atoms with E-state index in [1.54, 1.807) is 12.5 Å². The molecule has 0 unspecified atom stereocenters. The van der Waals surface area contributed by atoms with E-state index in [0.717, 1.165) is 5.56 Å². The highest BCUT2D eigenvalue weighted by Gasteiger charge is 2.20. The van der Waals surface area contributed by atoms with Crippen LogP contribution in [-0.2, 0) is 13.3 Å². The Kier molecular flexibility index (Phi) is 2.45. The van der Waals surface area contributed by atoms with E-state index in [2.05, 4.69) is 14.8 Å². The van der Waals surface area contributed by atoms with Crippen molar-refractivity contribution in [1.82, 2.24) is 0 Å². The van der Waals surface area contributed by atoms with E-state index in [9.17, 15) is 4.21 Å². The molecule has 0 bridgehead atoms. The van der Waals surface area contributed by atoms with Crippen molar-refractivity contribution in [3.8, 4) is 0 Å². The maximum Gasteiger partial charge on any atom is 0.0372 e. The van der Waals surface area contributed by atoms with Crippen molar-refractivity contribution in [2.24, 2.45) is 0 Å². The van der Waals surface area contributed by atoms with Crippen LogP contribution in [0.4, 0.5) is 0 Å². The van der Waals surface area contributed by atoms with Crippen LogP contribution in [0.3, 0.4) is 0 Å². The molecule has 1 rings (SSSR count). The average molecular weight is 249 g/mol. The zero-order valence-electron chi connectivity index (χ0n) is 7.29. The van der Waals surface area contributed by atoms with E-state index in [0.29, 0.717) is 5.75 Å². The smallest absolute Gasteiger partial charge is 0.0372 e. The molecule has 1 nitrogen and oxygen atoms in total.